The van der Waals surface area contributed by atoms with E-state index in [0.29, 0.717) is 11.3 Å². The van der Waals surface area contributed by atoms with Gasteiger partial charge in [-0.25, -0.2) is 4.98 Å². The van der Waals surface area contributed by atoms with Crippen LogP contribution in [-0.4, -0.2) is 43.8 Å². The number of aromatic nitrogens is 2. The van der Waals surface area contributed by atoms with Crippen LogP contribution in [0, 0.1) is 5.92 Å². The Hall–Kier alpha value is -2.88. The van der Waals surface area contributed by atoms with Crippen LogP contribution in [0.3, 0.4) is 0 Å². The summed E-state index contributed by atoms with van der Waals surface area (Å²) in [5.74, 6) is -2.25. The number of nitrogens with one attached hydrogen (secondary N) is 1. The van der Waals surface area contributed by atoms with Gasteiger partial charge in [0.05, 0.1) is 17.6 Å². The van der Waals surface area contributed by atoms with Crippen molar-refractivity contribution in [1.29, 1.82) is 0 Å². The minimum Gasteiger partial charge on any atom is -0.480 e. The Labute approximate surface area is 171 Å². The highest BCUT2D eigenvalue weighted by Gasteiger charge is 2.30. The quantitative estimate of drug-likeness (QED) is 0.539. The van der Waals surface area contributed by atoms with E-state index in [1.54, 1.807) is 10.8 Å². The average Bonchev–Trinajstić information content (AvgIpc) is 3.06. The Morgan fingerprint density at radius 3 is 2.20 bits per heavy atom. The van der Waals surface area contributed by atoms with Crippen molar-refractivity contribution >= 4 is 11.9 Å². The van der Waals surface area contributed by atoms with Crippen molar-refractivity contribution in [2.45, 2.75) is 51.5 Å². The number of carboxylic acid groups (broad SMARTS) is 2. The molecule has 1 aromatic carbocycles. The Bertz CT molecular complexity index is 863. The van der Waals surface area contributed by atoms with Gasteiger partial charge in [-0.3, -0.25) is 14.9 Å². The van der Waals surface area contributed by atoms with Crippen LogP contribution >= 0.6 is 0 Å². The van der Waals surface area contributed by atoms with E-state index >= 15 is 0 Å². The molecular weight excluding hydrogens is 403 g/mol. The summed E-state index contributed by atoms with van der Waals surface area (Å²) in [7, 11) is 0. The van der Waals surface area contributed by atoms with Crippen LogP contribution in [0.15, 0.2) is 36.8 Å². The van der Waals surface area contributed by atoms with Gasteiger partial charge in [0.1, 0.15) is 12.1 Å². The van der Waals surface area contributed by atoms with Gasteiger partial charge in [-0.2, -0.15) is 13.2 Å². The van der Waals surface area contributed by atoms with Gasteiger partial charge >= 0.3 is 18.1 Å². The number of halogens is 3. The van der Waals surface area contributed by atoms with Gasteiger partial charge in [0, 0.05) is 19.2 Å². The van der Waals surface area contributed by atoms with Gasteiger partial charge in [0.2, 0.25) is 0 Å². The predicted octanol–water partition coefficient (Wildman–Crippen LogP) is 3.03. The van der Waals surface area contributed by atoms with Gasteiger partial charge in [0.25, 0.3) is 0 Å². The van der Waals surface area contributed by atoms with E-state index < -0.39 is 35.8 Å². The molecule has 164 valence electrons. The van der Waals surface area contributed by atoms with Gasteiger partial charge < -0.3 is 14.8 Å². The second-order valence-electron chi connectivity index (χ2n) is 7.51. The zero-order valence-corrected chi connectivity index (χ0v) is 16.6. The fraction of sp³-hybridized carbons (Fsp3) is 0.450. The monoisotopic (exact) mass is 427 g/mol. The molecule has 1 heterocycles. The minimum absolute atomic E-state index is 0.0305. The highest BCUT2D eigenvalue weighted by atomic mass is 19.4. The molecule has 0 radical (unpaired) electrons. The number of carbonyl (C=O) groups is 2. The molecule has 0 saturated heterocycles. The molecule has 0 amide bonds. The summed E-state index contributed by atoms with van der Waals surface area (Å²) in [4.78, 5) is 27.1. The third kappa shape index (κ3) is 6.87. The van der Waals surface area contributed by atoms with Gasteiger partial charge in [0.15, 0.2) is 0 Å². The molecule has 0 spiro atoms. The summed E-state index contributed by atoms with van der Waals surface area (Å²) in [6.45, 7) is 3.95. The normalized spacial score (nSPS) is 13.9. The molecule has 30 heavy (non-hydrogen) atoms. The van der Waals surface area contributed by atoms with Crippen molar-refractivity contribution in [3.05, 3.63) is 53.6 Å². The first kappa shape index (κ1) is 23.4. The van der Waals surface area contributed by atoms with E-state index in [0.717, 1.165) is 12.1 Å². The lowest BCUT2D eigenvalue weighted by Crippen LogP contribution is -2.48. The number of benzene rings is 1. The number of rotatable bonds is 10. The lowest BCUT2D eigenvalue weighted by atomic mass is 10.0. The molecule has 2 rings (SSSR count). The second kappa shape index (κ2) is 9.75. The molecule has 0 bridgehead atoms. The number of carboxylic acids is 2. The molecule has 0 aliphatic rings. The van der Waals surface area contributed by atoms with Crippen molar-refractivity contribution in [2.75, 3.05) is 0 Å². The molecule has 10 heteroatoms. The van der Waals surface area contributed by atoms with E-state index in [4.69, 9.17) is 0 Å². The molecule has 0 aliphatic carbocycles. The molecule has 1 aromatic heterocycles. The Kier molecular flexibility index (Phi) is 7.60. The van der Waals surface area contributed by atoms with E-state index in [2.05, 4.69) is 10.3 Å². The fourth-order valence-electron chi connectivity index (χ4n) is 2.99. The Morgan fingerprint density at radius 1 is 1.10 bits per heavy atom. The van der Waals surface area contributed by atoms with Crippen LogP contribution in [0.5, 0.6) is 0 Å². The highest BCUT2D eigenvalue weighted by molar-refractivity contribution is 5.77. The number of hydrogen-bond acceptors (Lipinski definition) is 4. The first-order chi connectivity index (χ1) is 14.0. The van der Waals surface area contributed by atoms with Crippen molar-refractivity contribution in [2.24, 2.45) is 5.92 Å². The SMILES string of the molecule is CC(C)CC(N[C@@H](Cc1cn(Cc2ccc(C(F)(F)F)cc2)cn1)C(=O)O)C(=O)O. The molecule has 7 nitrogen and oxygen atoms in total. The number of imidazole rings is 1. The smallest absolute Gasteiger partial charge is 0.416 e. The van der Waals surface area contributed by atoms with Crippen LogP contribution in [0.25, 0.3) is 0 Å². The summed E-state index contributed by atoms with van der Waals surface area (Å²) >= 11 is 0. The van der Waals surface area contributed by atoms with E-state index in [-0.39, 0.29) is 25.3 Å². The highest BCUT2D eigenvalue weighted by Crippen LogP contribution is 2.29. The maximum Gasteiger partial charge on any atom is 0.416 e. The molecule has 0 fully saturated rings. The summed E-state index contributed by atoms with van der Waals surface area (Å²) in [6.07, 6.45) is -1.11. The van der Waals surface area contributed by atoms with Crippen LogP contribution in [-0.2, 0) is 28.7 Å². The van der Waals surface area contributed by atoms with E-state index in [9.17, 15) is 33.0 Å². The number of nitrogens with zero attached hydrogens (tertiary/aromatic N) is 2. The summed E-state index contributed by atoms with van der Waals surface area (Å²) < 4.78 is 39.5. The first-order valence-electron chi connectivity index (χ1n) is 9.34. The van der Waals surface area contributed by atoms with Crippen LogP contribution in [0.2, 0.25) is 0 Å². The zero-order valence-electron chi connectivity index (χ0n) is 16.6. The minimum atomic E-state index is -4.40. The number of alkyl halides is 3. The van der Waals surface area contributed by atoms with E-state index in [1.165, 1.54) is 18.5 Å². The van der Waals surface area contributed by atoms with Crippen molar-refractivity contribution in [3.8, 4) is 0 Å². The molecule has 0 saturated carbocycles. The molecular formula is C20H24F3N3O4. The lowest BCUT2D eigenvalue weighted by molar-refractivity contribution is -0.143. The van der Waals surface area contributed by atoms with Crippen LogP contribution in [0.1, 0.15) is 37.1 Å². The van der Waals surface area contributed by atoms with E-state index in [1.807, 2.05) is 13.8 Å². The lowest BCUT2D eigenvalue weighted by Gasteiger charge is -2.21. The predicted molar refractivity (Wildman–Crippen MR) is 102 cm³/mol. The Morgan fingerprint density at radius 2 is 1.70 bits per heavy atom. The first-order valence-corrected chi connectivity index (χ1v) is 9.34. The molecule has 3 N–H and O–H groups in total. The standard InChI is InChI=1S/C20H24F3N3O4/c1-12(2)7-16(18(27)28)25-17(19(29)30)8-15-10-26(11-24-15)9-13-3-5-14(6-4-13)20(21,22)23/h3-6,10-12,16-17,25H,7-9H2,1-2H3,(H,27,28)(H,29,30)/t16?,17-/m0/s1. The van der Waals surface area contributed by atoms with Crippen LogP contribution < -0.4 is 5.32 Å². The zero-order chi connectivity index (χ0) is 22.5. The summed E-state index contributed by atoms with van der Waals surface area (Å²) in [6, 6.07) is 2.59. The maximum atomic E-state index is 12.6. The fourth-order valence-corrected chi connectivity index (χ4v) is 2.99. The average molecular weight is 427 g/mol. The third-order valence-corrected chi connectivity index (χ3v) is 4.45. The second-order valence-corrected chi connectivity index (χ2v) is 7.51. The van der Waals surface area contributed by atoms with Crippen molar-refractivity contribution in [1.82, 2.24) is 14.9 Å². The Balaban J connectivity index is 2.04. The third-order valence-electron chi connectivity index (χ3n) is 4.45. The summed E-state index contributed by atoms with van der Waals surface area (Å²) in [5, 5.41) is 21.4. The van der Waals surface area contributed by atoms with Gasteiger partial charge in [-0.15, -0.1) is 0 Å². The largest absolute Gasteiger partial charge is 0.480 e. The van der Waals surface area contributed by atoms with Crippen molar-refractivity contribution in [3.63, 3.8) is 0 Å². The molecule has 0 aliphatic heterocycles. The van der Waals surface area contributed by atoms with Crippen molar-refractivity contribution < 1.29 is 33.0 Å². The maximum absolute atomic E-state index is 12.6. The number of aliphatic carboxylic acids is 2. The van der Waals surface area contributed by atoms with Gasteiger partial charge in [-0.1, -0.05) is 26.0 Å². The van der Waals surface area contributed by atoms with Crippen LogP contribution in [0.4, 0.5) is 13.2 Å². The molecule has 2 aromatic rings. The molecule has 1 unspecified atom stereocenters. The van der Waals surface area contributed by atoms with Gasteiger partial charge in [-0.05, 0) is 30.0 Å². The topological polar surface area (TPSA) is 104 Å². The number of hydrogen-bond donors (Lipinski definition) is 3. The molecule has 2 atom stereocenters. The summed E-state index contributed by atoms with van der Waals surface area (Å²) in [5.41, 5.74) is 0.320.